The van der Waals surface area contributed by atoms with Gasteiger partial charge in [0.1, 0.15) is 6.04 Å². The minimum absolute atomic E-state index is 0.0583. The molecule has 3 rings (SSSR count). The highest BCUT2D eigenvalue weighted by Crippen LogP contribution is 2.19. The van der Waals surface area contributed by atoms with Crippen molar-refractivity contribution >= 4 is 21.8 Å². The summed E-state index contributed by atoms with van der Waals surface area (Å²) >= 11 is 3.43. The number of nitrogens with one attached hydrogen (secondary N) is 1. The van der Waals surface area contributed by atoms with E-state index in [0.29, 0.717) is 0 Å². The molecule has 3 aromatic rings. The van der Waals surface area contributed by atoms with Crippen LogP contribution in [0.25, 0.3) is 5.69 Å². The SMILES string of the molecule is Cc1nn([C@H](C)C(=O)N[C@H](C)c2ccc(-n3cccc3)cc2)cc1Br. The van der Waals surface area contributed by atoms with Crippen LogP contribution in [0, 0.1) is 6.92 Å². The van der Waals surface area contributed by atoms with Gasteiger partial charge in [0.25, 0.3) is 0 Å². The molecule has 0 bridgehead atoms. The Balaban J connectivity index is 1.66. The van der Waals surface area contributed by atoms with E-state index in [0.717, 1.165) is 21.4 Å². The van der Waals surface area contributed by atoms with Crippen molar-refractivity contribution in [1.29, 1.82) is 0 Å². The van der Waals surface area contributed by atoms with Crippen LogP contribution in [0.1, 0.15) is 37.2 Å². The number of hydrogen-bond acceptors (Lipinski definition) is 2. The molecule has 0 aliphatic rings. The zero-order valence-corrected chi connectivity index (χ0v) is 16.1. The molecule has 25 heavy (non-hydrogen) atoms. The first-order chi connectivity index (χ1) is 12.0. The van der Waals surface area contributed by atoms with Crippen molar-refractivity contribution in [2.24, 2.45) is 0 Å². The molecule has 1 aromatic carbocycles. The summed E-state index contributed by atoms with van der Waals surface area (Å²) in [5.41, 5.74) is 3.03. The molecule has 1 amide bonds. The first kappa shape index (κ1) is 17.5. The highest BCUT2D eigenvalue weighted by atomic mass is 79.9. The molecule has 0 saturated heterocycles. The van der Waals surface area contributed by atoms with Gasteiger partial charge in [0, 0.05) is 24.3 Å². The maximum atomic E-state index is 12.5. The molecule has 0 spiro atoms. The normalized spacial score (nSPS) is 13.4. The number of carbonyl (C=O) groups is 1. The van der Waals surface area contributed by atoms with Gasteiger partial charge in [0.05, 0.1) is 16.2 Å². The Hall–Kier alpha value is -2.34. The van der Waals surface area contributed by atoms with E-state index in [1.807, 2.05) is 68.2 Å². The molecule has 0 aliphatic heterocycles. The third-order valence-electron chi connectivity index (χ3n) is 4.29. The van der Waals surface area contributed by atoms with Crippen LogP contribution in [-0.4, -0.2) is 20.3 Å². The Bertz CT molecular complexity index is 833. The van der Waals surface area contributed by atoms with Crippen molar-refractivity contribution in [3.63, 3.8) is 0 Å². The second-order valence-electron chi connectivity index (χ2n) is 6.13. The summed E-state index contributed by atoms with van der Waals surface area (Å²) in [5, 5.41) is 7.41. The van der Waals surface area contributed by atoms with Crippen molar-refractivity contribution in [1.82, 2.24) is 19.7 Å². The van der Waals surface area contributed by atoms with Gasteiger partial charge in [-0.15, -0.1) is 0 Å². The molecule has 2 atom stereocenters. The van der Waals surface area contributed by atoms with Crippen molar-refractivity contribution in [2.75, 3.05) is 0 Å². The molecule has 2 heterocycles. The number of nitrogens with zero attached hydrogens (tertiary/aromatic N) is 3. The standard InChI is InChI=1S/C19H21BrN4O/c1-13(16-6-8-17(9-7-16)23-10-4-5-11-23)21-19(25)15(3)24-12-18(20)14(2)22-24/h4-13,15H,1-3H3,(H,21,25)/t13-,15-/m1/s1. The lowest BCUT2D eigenvalue weighted by atomic mass is 10.1. The van der Waals surface area contributed by atoms with Gasteiger partial charge < -0.3 is 9.88 Å². The van der Waals surface area contributed by atoms with Gasteiger partial charge in [0.15, 0.2) is 0 Å². The third kappa shape index (κ3) is 3.85. The number of halogens is 1. The number of rotatable bonds is 5. The highest BCUT2D eigenvalue weighted by molar-refractivity contribution is 9.10. The fourth-order valence-corrected chi connectivity index (χ4v) is 2.93. The molecule has 5 nitrogen and oxygen atoms in total. The van der Waals surface area contributed by atoms with E-state index in [9.17, 15) is 4.79 Å². The van der Waals surface area contributed by atoms with Crippen molar-refractivity contribution in [3.05, 3.63) is 70.7 Å². The van der Waals surface area contributed by atoms with Gasteiger partial charge in [-0.3, -0.25) is 9.48 Å². The molecule has 0 radical (unpaired) electrons. The summed E-state index contributed by atoms with van der Waals surface area (Å²) in [6, 6.07) is 11.7. The number of hydrogen-bond donors (Lipinski definition) is 1. The van der Waals surface area contributed by atoms with E-state index in [4.69, 9.17) is 0 Å². The Morgan fingerprint density at radius 2 is 1.80 bits per heavy atom. The van der Waals surface area contributed by atoms with Crippen LogP contribution in [0.2, 0.25) is 0 Å². The predicted molar refractivity (Wildman–Crippen MR) is 102 cm³/mol. The van der Waals surface area contributed by atoms with Crippen LogP contribution in [0.5, 0.6) is 0 Å². The number of aryl methyl sites for hydroxylation is 1. The molecule has 1 N–H and O–H groups in total. The van der Waals surface area contributed by atoms with Gasteiger partial charge in [-0.25, -0.2) is 0 Å². The average molecular weight is 401 g/mol. The van der Waals surface area contributed by atoms with E-state index in [2.05, 4.69) is 38.5 Å². The first-order valence-electron chi connectivity index (χ1n) is 8.20. The highest BCUT2D eigenvalue weighted by Gasteiger charge is 2.19. The Labute approximate surface area is 155 Å². The summed E-state index contributed by atoms with van der Waals surface area (Å²) in [5.74, 6) is -0.0583. The molecule has 130 valence electrons. The third-order valence-corrected chi connectivity index (χ3v) is 5.07. The van der Waals surface area contributed by atoms with Crippen LogP contribution < -0.4 is 5.32 Å². The summed E-state index contributed by atoms with van der Waals surface area (Å²) in [4.78, 5) is 12.5. The summed E-state index contributed by atoms with van der Waals surface area (Å²) < 4.78 is 4.63. The summed E-state index contributed by atoms with van der Waals surface area (Å²) in [6.07, 6.45) is 5.84. The lowest BCUT2D eigenvalue weighted by molar-refractivity contribution is -0.124. The molecule has 0 saturated carbocycles. The van der Waals surface area contributed by atoms with E-state index in [1.54, 1.807) is 4.68 Å². The van der Waals surface area contributed by atoms with Gasteiger partial charge in [-0.05, 0) is 66.5 Å². The smallest absolute Gasteiger partial charge is 0.245 e. The zero-order chi connectivity index (χ0) is 18.0. The van der Waals surface area contributed by atoms with E-state index in [1.165, 1.54) is 0 Å². The van der Waals surface area contributed by atoms with Crippen molar-refractivity contribution in [3.8, 4) is 5.69 Å². The monoisotopic (exact) mass is 400 g/mol. The largest absolute Gasteiger partial charge is 0.348 e. The maximum Gasteiger partial charge on any atom is 0.245 e. The van der Waals surface area contributed by atoms with Crippen LogP contribution >= 0.6 is 15.9 Å². The van der Waals surface area contributed by atoms with E-state index >= 15 is 0 Å². The van der Waals surface area contributed by atoms with E-state index < -0.39 is 0 Å². The molecule has 0 aliphatic carbocycles. The second-order valence-corrected chi connectivity index (χ2v) is 6.98. The number of amides is 1. The maximum absolute atomic E-state index is 12.5. The number of aromatic nitrogens is 3. The van der Waals surface area contributed by atoms with Gasteiger partial charge in [0.2, 0.25) is 5.91 Å². The molecule has 0 fully saturated rings. The Morgan fingerprint density at radius 1 is 1.16 bits per heavy atom. The lowest BCUT2D eigenvalue weighted by Crippen LogP contribution is -2.33. The van der Waals surface area contributed by atoms with Crippen LogP contribution in [0.15, 0.2) is 59.5 Å². The Kier molecular flexibility index (Phi) is 5.08. The first-order valence-corrected chi connectivity index (χ1v) is 9.00. The molecule has 0 unspecified atom stereocenters. The molecule has 6 heteroatoms. The molecular formula is C19H21BrN4O. The number of carbonyl (C=O) groups excluding carboxylic acids is 1. The summed E-state index contributed by atoms with van der Waals surface area (Å²) in [7, 11) is 0. The lowest BCUT2D eigenvalue weighted by Gasteiger charge is -2.18. The van der Waals surface area contributed by atoms with Gasteiger partial charge >= 0.3 is 0 Å². The van der Waals surface area contributed by atoms with Crippen LogP contribution in [0.4, 0.5) is 0 Å². The number of benzene rings is 1. The van der Waals surface area contributed by atoms with E-state index in [-0.39, 0.29) is 18.0 Å². The van der Waals surface area contributed by atoms with Crippen molar-refractivity contribution in [2.45, 2.75) is 32.9 Å². The molecule has 2 aromatic heterocycles. The molecular weight excluding hydrogens is 380 g/mol. The minimum atomic E-state index is -0.369. The summed E-state index contributed by atoms with van der Waals surface area (Å²) in [6.45, 7) is 5.73. The fourth-order valence-electron chi connectivity index (χ4n) is 2.64. The predicted octanol–water partition coefficient (Wildman–Crippen LogP) is 4.18. The Morgan fingerprint density at radius 3 is 2.36 bits per heavy atom. The minimum Gasteiger partial charge on any atom is -0.348 e. The topological polar surface area (TPSA) is 51.9 Å². The fraction of sp³-hybridized carbons (Fsp3) is 0.263. The quantitative estimate of drug-likeness (QED) is 0.697. The average Bonchev–Trinajstić information content (AvgIpc) is 3.25. The zero-order valence-electron chi connectivity index (χ0n) is 14.5. The van der Waals surface area contributed by atoms with Gasteiger partial charge in [-0.1, -0.05) is 12.1 Å². The van der Waals surface area contributed by atoms with Crippen LogP contribution in [-0.2, 0) is 4.79 Å². The second kappa shape index (κ2) is 7.27. The van der Waals surface area contributed by atoms with Crippen LogP contribution in [0.3, 0.4) is 0 Å². The van der Waals surface area contributed by atoms with Gasteiger partial charge in [-0.2, -0.15) is 5.10 Å². The van der Waals surface area contributed by atoms with Crippen molar-refractivity contribution < 1.29 is 4.79 Å².